The van der Waals surface area contributed by atoms with Crippen LogP contribution in [0.4, 0.5) is 5.69 Å². The third-order valence-electron chi connectivity index (χ3n) is 5.95. The second kappa shape index (κ2) is 7.72. The predicted octanol–water partition coefficient (Wildman–Crippen LogP) is 3.97. The Morgan fingerprint density at radius 2 is 1.81 bits per heavy atom. The summed E-state index contributed by atoms with van der Waals surface area (Å²) in [6, 6.07) is 6.95. The van der Waals surface area contributed by atoms with Crippen molar-refractivity contribution in [2.75, 3.05) is 19.1 Å². The van der Waals surface area contributed by atoms with Gasteiger partial charge in [0.05, 0.1) is 26.1 Å². The number of aromatic nitrogens is 1. The lowest BCUT2D eigenvalue weighted by Gasteiger charge is -2.42. The molecule has 0 radical (unpaired) electrons. The fourth-order valence-corrected chi connectivity index (χ4v) is 4.60. The molecule has 1 unspecified atom stereocenters. The van der Waals surface area contributed by atoms with E-state index in [2.05, 4.69) is 4.98 Å². The fourth-order valence-electron chi connectivity index (χ4n) is 4.60. The van der Waals surface area contributed by atoms with Crippen LogP contribution in [0.25, 0.3) is 0 Å². The van der Waals surface area contributed by atoms with Gasteiger partial charge in [0.25, 0.3) is 0 Å². The lowest BCUT2D eigenvalue weighted by molar-refractivity contribution is -0.121. The van der Waals surface area contributed by atoms with Gasteiger partial charge in [-0.25, -0.2) is 0 Å². The SMILES string of the molecule is COc1cc(C2CC(=O)N(c3cccnc3)C3=C2C(=O)CC(C)(C)C3)cc(OC)c1O. The van der Waals surface area contributed by atoms with E-state index in [0.29, 0.717) is 29.7 Å². The maximum Gasteiger partial charge on any atom is 0.232 e. The first-order valence-corrected chi connectivity index (χ1v) is 10.2. The number of carbonyl (C=O) groups excluding carboxylic acids is 2. The number of aromatic hydroxyl groups is 1. The molecule has 1 aliphatic carbocycles. The van der Waals surface area contributed by atoms with Crippen molar-refractivity contribution in [1.82, 2.24) is 4.98 Å². The molecule has 0 saturated carbocycles. The van der Waals surface area contributed by atoms with Crippen molar-refractivity contribution < 1.29 is 24.2 Å². The zero-order chi connectivity index (χ0) is 22.3. The normalized spacial score (nSPS) is 20.5. The van der Waals surface area contributed by atoms with Crippen LogP contribution in [0.5, 0.6) is 17.2 Å². The van der Waals surface area contributed by atoms with Crippen LogP contribution in [0.15, 0.2) is 47.9 Å². The molecule has 4 rings (SSSR count). The first-order valence-electron chi connectivity index (χ1n) is 10.2. The monoisotopic (exact) mass is 422 g/mol. The Morgan fingerprint density at radius 3 is 2.39 bits per heavy atom. The van der Waals surface area contributed by atoms with Gasteiger partial charge in [0, 0.05) is 36.2 Å². The van der Waals surface area contributed by atoms with Crippen LogP contribution in [0.1, 0.15) is 44.6 Å². The number of allylic oxidation sites excluding steroid dienone is 2. The standard InChI is InChI=1S/C24H26N2O5/c1-24(2)11-17-22(18(27)12-24)16(10-21(28)26(17)15-6-5-7-25-13-15)14-8-19(30-3)23(29)20(9-14)31-4/h5-9,13,16,29H,10-12H2,1-4H3. The van der Waals surface area contributed by atoms with Gasteiger partial charge in [-0.15, -0.1) is 0 Å². The number of amides is 1. The Balaban J connectivity index is 1.92. The molecule has 1 atom stereocenters. The van der Waals surface area contributed by atoms with Crippen LogP contribution >= 0.6 is 0 Å². The third kappa shape index (κ3) is 3.65. The van der Waals surface area contributed by atoms with Crippen molar-refractivity contribution in [2.45, 2.75) is 39.0 Å². The maximum atomic E-state index is 13.4. The molecular weight excluding hydrogens is 396 g/mol. The first-order chi connectivity index (χ1) is 14.8. The highest BCUT2D eigenvalue weighted by Gasteiger charge is 2.44. The van der Waals surface area contributed by atoms with Crippen LogP contribution in [0, 0.1) is 5.41 Å². The number of nitrogens with zero attached hydrogens (tertiary/aromatic N) is 2. The van der Waals surface area contributed by atoms with Crippen molar-refractivity contribution in [3.05, 3.63) is 53.5 Å². The summed E-state index contributed by atoms with van der Waals surface area (Å²) in [7, 11) is 2.90. The molecule has 162 valence electrons. The smallest absolute Gasteiger partial charge is 0.232 e. The van der Waals surface area contributed by atoms with Gasteiger partial charge in [0.2, 0.25) is 11.7 Å². The molecule has 7 heteroatoms. The molecule has 2 aromatic rings. The number of hydrogen-bond acceptors (Lipinski definition) is 6. The Labute approximate surface area is 181 Å². The number of ketones is 1. The zero-order valence-electron chi connectivity index (χ0n) is 18.1. The molecule has 1 aromatic carbocycles. The minimum absolute atomic E-state index is 0.0312. The van der Waals surface area contributed by atoms with Gasteiger partial charge in [0.15, 0.2) is 17.3 Å². The molecule has 0 saturated heterocycles. The summed E-state index contributed by atoms with van der Waals surface area (Å²) < 4.78 is 10.6. The van der Waals surface area contributed by atoms with Gasteiger partial charge >= 0.3 is 0 Å². The van der Waals surface area contributed by atoms with Crippen LogP contribution in [0.3, 0.4) is 0 Å². The molecule has 1 amide bonds. The van der Waals surface area contributed by atoms with E-state index in [0.717, 1.165) is 5.70 Å². The number of pyridine rings is 1. The van der Waals surface area contributed by atoms with E-state index in [-0.39, 0.29) is 40.8 Å². The lowest BCUT2D eigenvalue weighted by atomic mass is 9.69. The van der Waals surface area contributed by atoms with E-state index in [4.69, 9.17) is 9.47 Å². The molecule has 7 nitrogen and oxygen atoms in total. The van der Waals surface area contributed by atoms with E-state index in [1.165, 1.54) is 14.2 Å². The average molecular weight is 422 g/mol. The van der Waals surface area contributed by atoms with E-state index in [1.54, 1.807) is 35.5 Å². The van der Waals surface area contributed by atoms with Crippen molar-refractivity contribution in [1.29, 1.82) is 0 Å². The molecule has 1 aromatic heterocycles. The quantitative estimate of drug-likeness (QED) is 0.802. The van der Waals surface area contributed by atoms with Crippen LogP contribution in [0.2, 0.25) is 0 Å². The summed E-state index contributed by atoms with van der Waals surface area (Å²) in [5.41, 5.74) is 2.46. The third-order valence-corrected chi connectivity index (χ3v) is 5.95. The van der Waals surface area contributed by atoms with Crippen molar-refractivity contribution in [3.63, 3.8) is 0 Å². The second-order valence-corrected chi connectivity index (χ2v) is 8.77. The molecule has 31 heavy (non-hydrogen) atoms. The maximum absolute atomic E-state index is 13.4. The molecule has 0 spiro atoms. The first kappa shape index (κ1) is 20.9. The summed E-state index contributed by atoms with van der Waals surface area (Å²) in [5, 5.41) is 10.3. The number of ether oxygens (including phenoxy) is 2. The number of phenolic OH excluding ortho intramolecular Hbond substituents is 1. The van der Waals surface area contributed by atoms with E-state index in [9.17, 15) is 14.7 Å². The van der Waals surface area contributed by atoms with Crippen LogP contribution in [-0.4, -0.2) is 36.0 Å². The predicted molar refractivity (Wildman–Crippen MR) is 115 cm³/mol. The number of Topliss-reactive ketones (excluding diaryl/α,β-unsaturated/α-hetero) is 1. The topological polar surface area (TPSA) is 89.0 Å². The van der Waals surface area contributed by atoms with Crippen LogP contribution < -0.4 is 14.4 Å². The minimum Gasteiger partial charge on any atom is -0.502 e. The fraction of sp³-hybridized carbons (Fsp3) is 0.375. The molecule has 1 aliphatic heterocycles. The summed E-state index contributed by atoms with van der Waals surface area (Å²) in [4.78, 5) is 32.5. The van der Waals surface area contributed by atoms with Gasteiger partial charge < -0.3 is 14.6 Å². The highest BCUT2D eigenvalue weighted by atomic mass is 16.5. The van der Waals surface area contributed by atoms with Crippen LogP contribution in [-0.2, 0) is 9.59 Å². The number of anilines is 1. The van der Waals surface area contributed by atoms with Gasteiger partial charge in [-0.05, 0) is 41.7 Å². The van der Waals surface area contributed by atoms with Gasteiger partial charge in [-0.2, -0.15) is 0 Å². The van der Waals surface area contributed by atoms with Gasteiger partial charge in [-0.1, -0.05) is 13.8 Å². The van der Waals surface area contributed by atoms with Gasteiger partial charge in [-0.3, -0.25) is 19.5 Å². The van der Waals surface area contributed by atoms with E-state index >= 15 is 0 Å². The van der Waals surface area contributed by atoms with E-state index < -0.39 is 5.92 Å². The molecule has 2 aliphatic rings. The minimum atomic E-state index is -0.442. The number of rotatable bonds is 4. The number of methoxy groups -OCH3 is 2. The summed E-state index contributed by atoms with van der Waals surface area (Å²) in [6.45, 7) is 4.08. The number of phenols is 1. The summed E-state index contributed by atoms with van der Waals surface area (Å²) >= 11 is 0. The Bertz CT molecular complexity index is 1050. The molecular formula is C24H26N2O5. The Kier molecular flexibility index (Phi) is 5.21. The van der Waals surface area contributed by atoms with Crippen molar-refractivity contribution in [3.8, 4) is 17.2 Å². The molecule has 2 heterocycles. The van der Waals surface area contributed by atoms with Crippen molar-refractivity contribution in [2.24, 2.45) is 5.41 Å². The number of hydrogen-bond donors (Lipinski definition) is 1. The lowest BCUT2D eigenvalue weighted by Crippen LogP contribution is -2.43. The number of benzene rings is 1. The van der Waals surface area contributed by atoms with E-state index in [1.807, 2.05) is 19.9 Å². The average Bonchev–Trinajstić information content (AvgIpc) is 2.73. The summed E-state index contributed by atoms with van der Waals surface area (Å²) in [6.07, 6.45) is 4.42. The molecule has 0 fully saturated rings. The highest BCUT2D eigenvalue weighted by molar-refractivity contribution is 6.07. The molecule has 0 bridgehead atoms. The Morgan fingerprint density at radius 1 is 1.13 bits per heavy atom. The molecule has 1 N–H and O–H groups in total. The van der Waals surface area contributed by atoms with Gasteiger partial charge in [0.1, 0.15) is 0 Å². The Hall–Kier alpha value is -3.35. The largest absolute Gasteiger partial charge is 0.502 e. The zero-order valence-corrected chi connectivity index (χ0v) is 18.1. The number of carbonyl (C=O) groups is 2. The van der Waals surface area contributed by atoms with Crippen molar-refractivity contribution >= 4 is 17.4 Å². The highest BCUT2D eigenvalue weighted by Crippen LogP contribution is 2.50. The second-order valence-electron chi connectivity index (χ2n) is 8.77. The summed E-state index contributed by atoms with van der Waals surface area (Å²) in [5.74, 6) is -0.151.